The molecule has 29 heavy (non-hydrogen) atoms. The molecule has 2 N–H and O–H groups in total. The van der Waals surface area contributed by atoms with Gasteiger partial charge in [-0.05, 0) is 44.3 Å². The van der Waals surface area contributed by atoms with Crippen LogP contribution in [0.15, 0.2) is 29.3 Å². The van der Waals surface area contributed by atoms with Gasteiger partial charge in [-0.1, -0.05) is 0 Å². The van der Waals surface area contributed by atoms with Gasteiger partial charge in [0.05, 0.1) is 12.2 Å². The largest absolute Gasteiger partial charge is 0.384 e. The third-order valence-electron chi connectivity index (χ3n) is 6.45. The minimum absolute atomic E-state index is 0.0128. The van der Waals surface area contributed by atoms with E-state index >= 15 is 0 Å². The van der Waals surface area contributed by atoms with Crippen molar-refractivity contribution in [2.45, 2.75) is 31.7 Å². The van der Waals surface area contributed by atoms with Crippen LogP contribution in [-0.2, 0) is 11.3 Å². The number of nitrogen functional groups attached to an aromatic ring is 1. The molecule has 2 aromatic heterocycles. The van der Waals surface area contributed by atoms with Crippen LogP contribution in [0.2, 0.25) is 0 Å². The first kappa shape index (κ1) is 18.3. The second-order valence-electron chi connectivity index (χ2n) is 8.53. The number of nitrogens with two attached hydrogens (primary N) is 1. The van der Waals surface area contributed by atoms with E-state index in [0.717, 1.165) is 37.3 Å². The SMILES string of the molecule is Nc1cc(-c2cc3n(c(=O)c2)C[C@H]2C[C@@H]3CN(C(=O)CN3CCCC3)C2)ncn1. The fourth-order valence-corrected chi connectivity index (χ4v) is 5.07. The highest BCUT2D eigenvalue weighted by atomic mass is 16.2. The fraction of sp³-hybridized carbons (Fsp3) is 0.524. The Hall–Kier alpha value is -2.74. The second kappa shape index (κ2) is 7.26. The third kappa shape index (κ3) is 3.53. The molecule has 8 heteroatoms. The predicted octanol–water partition coefficient (Wildman–Crippen LogP) is 0.929. The van der Waals surface area contributed by atoms with Gasteiger partial charge in [-0.25, -0.2) is 9.97 Å². The number of carbonyl (C=O) groups is 1. The maximum Gasteiger partial charge on any atom is 0.251 e. The summed E-state index contributed by atoms with van der Waals surface area (Å²) in [5.74, 6) is 1.11. The number of piperidine rings is 1. The van der Waals surface area contributed by atoms with Crippen LogP contribution in [0, 0.1) is 5.92 Å². The Kier molecular flexibility index (Phi) is 4.58. The third-order valence-corrected chi connectivity index (χ3v) is 6.45. The normalized spacial score (nSPS) is 23.8. The zero-order valence-electron chi connectivity index (χ0n) is 16.5. The lowest BCUT2D eigenvalue weighted by molar-refractivity contribution is -0.134. The van der Waals surface area contributed by atoms with Crippen molar-refractivity contribution >= 4 is 11.7 Å². The number of carbonyl (C=O) groups excluding carboxylic acids is 1. The number of hydrogen-bond donors (Lipinski definition) is 1. The first-order valence-corrected chi connectivity index (χ1v) is 10.4. The van der Waals surface area contributed by atoms with Gasteiger partial charge in [-0.3, -0.25) is 14.5 Å². The molecule has 1 amide bonds. The van der Waals surface area contributed by atoms with Gasteiger partial charge in [0, 0.05) is 48.9 Å². The van der Waals surface area contributed by atoms with Crippen LogP contribution in [0.1, 0.15) is 30.9 Å². The summed E-state index contributed by atoms with van der Waals surface area (Å²) < 4.78 is 1.88. The average molecular weight is 394 g/mol. The lowest BCUT2D eigenvalue weighted by Gasteiger charge is -2.43. The van der Waals surface area contributed by atoms with Crippen molar-refractivity contribution < 1.29 is 4.79 Å². The van der Waals surface area contributed by atoms with Crippen molar-refractivity contribution in [2.75, 3.05) is 38.5 Å². The van der Waals surface area contributed by atoms with Crippen LogP contribution in [0.3, 0.4) is 0 Å². The minimum atomic E-state index is -0.0128. The van der Waals surface area contributed by atoms with Gasteiger partial charge >= 0.3 is 0 Å². The molecule has 0 spiro atoms. The molecule has 0 aliphatic carbocycles. The standard InChI is InChI=1S/C21H26N6O2/c22-19-8-17(23-13-24-19)15-6-18-16-5-14(10-27(18)20(28)7-15)9-26(11-16)21(29)12-25-3-1-2-4-25/h6-8,13-14,16H,1-5,9-12H2,(H2,22,23,24)/t14-,16+/m0/s1. The van der Waals surface area contributed by atoms with Gasteiger partial charge in [-0.2, -0.15) is 0 Å². The van der Waals surface area contributed by atoms with Gasteiger partial charge in [-0.15, -0.1) is 0 Å². The molecule has 0 aromatic carbocycles. The molecule has 2 bridgehead atoms. The number of hydrogen-bond acceptors (Lipinski definition) is 6. The Morgan fingerprint density at radius 3 is 2.72 bits per heavy atom. The summed E-state index contributed by atoms with van der Waals surface area (Å²) in [6, 6.07) is 5.35. The van der Waals surface area contributed by atoms with Crippen molar-refractivity contribution in [3.63, 3.8) is 0 Å². The smallest absolute Gasteiger partial charge is 0.251 e. The maximum atomic E-state index is 12.9. The van der Waals surface area contributed by atoms with Crippen LogP contribution < -0.4 is 11.3 Å². The topological polar surface area (TPSA) is 97.3 Å². The molecule has 2 fully saturated rings. The van der Waals surface area contributed by atoms with Crippen LogP contribution in [0.25, 0.3) is 11.3 Å². The van der Waals surface area contributed by atoms with E-state index in [4.69, 9.17) is 5.73 Å². The van der Waals surface area contributed by atoms with Gasteiger partial charge in [0.15, 0.2) is 0 Å². The number of rotatable bonds is 3. The number of aromatic nitrogens is 3. The summed E-state index contributed by atoms with van der Waals surface area (Å²) in [6.07, 6.45) is 4.80. The summed E-state index contributed by atoms with van der Waals surface area (Å²) >= 11 is 0. The van der Waals surface area contributed by atoms with Crippen molar-refractivity contribution in [1.82, 2.24) is 24.3 Å². The van der Waals surface area contributed by atoms with Crippen molar-refractivity contribution in [2.24, 2.45) is 5.92 Å². The maximum absolute atomic E-state index is 12.9. The molecular weight excluding hydrogens is 368 g/mol. The molecule has 3 aliphatic heterocycles. The van der Waals surface area contributed by atoms with E-state index in [9.17, 15) is 9.59 Å². The van der Waals surface area contributed by atoms with Gasteiger partial charge < -0.3 is 15.2 Å². The molecule has 0 unspecified atom stereocenters. The van der Waals surface area contributed by atoms with E-state index in [1.54, 1.807) is 12.1 Å². The quantitative estimate of drug-likeness (QED) is 0.832. The highest BCUT2D eigenvalue weighted by molar-refractivity contribution is 5.78. The molecule has 3 aliphatic rings. The summed E-state index contributed by atoms with van der Waals surface area (Å²) in [5, 5.41) is 0. The summed E-state index contributed by atoms with van der Waals surface area (Å²) in [4.78, 5) is 38.2. The summed E-state index contributed by atoms with van der Waals surface area (Å²) in [7, 11) is 0. The van der Waals surface area contributed by atoms with Gasteiger partial charge in [0.1, 0.15) is 12.1 Å². The lowest BCUT2D eigenvalue weighted by Crippen LogP contribution is -2.51. The Bertz CT molecular complexity index is 997. The van der Waals surface area contributed by atoms with Crippen LogP contribution in [0.5, 0.6) is 0 Å². The molecule has 2 atom stereocenters. The molecule has 5 rings (SSSR count). The zero-order chi connectivity index (χ0) is 20.0. The zero-order valence-corrected chi connectivity index (χ0v) is 16.5. The molecule has 2 saturated heterocycles. The molecular formula is C21H26N6O2. The molecule has 152 valence electrons. The first-order valence-electron chi connectivity index (χ1n) is 10.4. The van der Waals surface area contributed by atoms with E-state index in [-0.39, 0.29) is 17.4 Å². The highest BCUT2D eigenvalue weighted by Gasteiger charge is 2.37. The number of nitrogens with zero attached hydrogens (tertiary/aromatic N) is 5. The summed E-state index contributed by atoms with van der Waals surface area (Å²) in [6.45, 7) is 4.67. The Labute approximate surface area is 169 Å². The molecule has 2 aromatic rings. The number of fused-ring (bicyclic) bond motifs is 4. The number of likely N-dealkylation sites (tertiary alicyclic amines) is 2. The van der Waals surface area contributed by atoms with Crippen LogP contribution >= 0.6 is 0 Å². The van der Waals surface area contributed by atoms with E-state index in [1.165, 1.54) is 19.2 Å². The van der Waals surface area contributed by atoms with Crippen LogP contribution in [0.4, 0.5) is 5.82 Å². The second-order valence-corrected chi connectivity index (χ2v) is 8.53. The fourth-order valence-electron chi connectivity index (χ4n) is 5.07. The van der Waals surface area contributed by atoms with Crippen LogP contribution in [-0.4, -0.2) is 63.0 Å². The number of amides is 1. The van der Waals surface area contributed by atoms with E-state index < -0.39 is 0 Å². The Balaban J connectivity index is 1.42. The predicted molar refractivity (Wildman–Crippen MR) is 109 cm³/mol. The van der Waals surface area contributed by atoms with Crippen molar-refractivity contribution in [3.05, 3.63) is 40.6 Å². The van der Waals surface area contributed by atoms with Gasteiger partial charge in [0.2, 0.25) is 5.91 Å². The number of anilines is 1. The van der Waals surface area contributed by atoms with E-state index in [2.05, 4.69) is 14.9 Å². The number of pyridine rings is 1. The molecule has 0 saturated carbocycles. The van der Waals surface area contributed by atoms with Crippen molar-refractivity contribution in [3.8, 4) is 11.3 Å². The lowest BCUT2D eigenvalue weighted by atomic mass is 9.82. The molecule has 5 heterocycles. The summed E-state index contributed by atoms with van der Waals surface area (Å²) in [5.41, 5.74) is 8.18. The van der Waals surface area contributed by atoms with Crippen molar-refractivity contribution in [1.29, 1.82) is 0 Å². The van der Waals surface area contributed by atoms with E-state index in [0.29, 0.717) is 37.1 Å². The van der Waals surface area contributed by atoms with Gasteiger partial charge in [0.25, 0.3) is 5.56 Å². The molecule has 0 radical (unpaired) electrons. The molecule has 8 nitrogen and oxygen atoms in total. The monoisotopic (exact) mass is 394 g/mol. The Morgan fingerprint density at radius 2 is 1.93 bits per heavy atom. The first-order chi connectivity index (χ1) is 14.1. The average Bonchev–Trinajstić information content (AvgIpc) is 3.21. The highest BCUT2D eigenvalue weighted by Crippen LogP contribution is 2.36. The minimum Gasteiger partial charge on any atom is -0.384 e. The van der Waals surface area contributed by atoms with E-state index in [1.807, 2.05) is 15.5 Å². The Morgan fingerprint density at radius 1 is 1.10 bits per heavy atom.